The Morgan fingerprint density at radius 3 is 1.64 bits per heavy atom. The van der Waals surface area contributed by atoms with Crippen LogP contribution in [0.25, 0.3) is 0 Å². The Labute approximate surface area is 130 Å². The summed E-state index contributed by atoms with van der Waals surface area (Å²) in [6.45, 7) is 1.89. The Bertz CT molecular complexity index is 621. The molecule has 0 bridgehead atoms. The fraction of sp³-hybridized carbons (Fsp3) is 0.222. The zero-order valence-corrected chi connectivity index (χ0v) is 12.9. The summed E-state index contributed by atoms with van der Waals surface area (Å²) in [6, 6.07) is 15.6. The zero-order chi connectivity index (χ0) is 15.9. The van der Waals surface area contributed by atoms with Crippen LogP contribution in [0, 0.1) is 0 Å². The highest BCUT2D eigenvalue weighted by Gasteiger charge is 2.17. The van der Waals surface area contributed by atoms with Crippen molar-refractivity contribution >= 4 is 5.87 Å². The highest BCUT2D eigenvalue weighted by atomic mass is 16.5. The Balaban J connectivity index is 2.47. The van der Waals surface area contributed by atoms with E-state index < -0.39 is 0 Å². The predicted molar refractivity (Wildman–Crippen MR) is 86.2 cm³/mol. The summed E-state index contributed by atoms with van der Waals surface area (Å²) in [5.41, 5.74) is 2.96. The van der Waals surface area contributed by atoms with Crippen LogP contribution in [0.1, 0.15) is 24.0 Å². The quantitative estimate of drug-likeness (QED) is 0.518. The molecule has 4 nitrogen and oxygen atoms in total. The van der Waals surface area contributed by atoms with Crippen molar-refractivity contribution in [3.63, 3.8) is 0 Å². The average molecular weight is 297 g/mol. The monoisotopic (exact) mass is 297 g/mol. The summed E-state index contributed by atoms with van der Waals surface area (Å²) in [5.74, 6) is 4.19. The molecule has 0 atom stereocenters. The first-order chi connectivity index (χ1) is 10.7. The minimum Gasteiger partial charge on any atom is -0.497 e. The van der Waals surface area contributed by atoms with E-state index in [4.69, 9.17) is 14.7 Å². The van der Waals surface area contributed by atoms with Crippen LogP contribution in [0.2, 0.25) is 0 Å². The molecule has 0 heterocycles. The molecule has 0 aromatic heterocycles. The maximum atomic E-state index is 8.80. The van der Waals surface area contributed by atoms with Gasteiger partial charge in [-0.3, -0.25) is 0 Å². The largest absolute Gasteiger partial charge is 0.497 e. The lowest BCUT2D eigenvalue weighted by Crippen LogP contribution is -2.03. The molecule has 2 aromatic rings. The minimum atomic E-state index is -0.0484. The zero-order valence-electron chi connectivity index (χ0n) is 12.9. The number of nitrogens with zero attached hydrogens (tertiary/aromatic N) is 1. The van der Waals surface area contributed by atoms with E-state index in [1.54, 1.807) is 14.2 Å². The Morgan fingerprint density at radius 1 is 0.909 bits per heavy atom. The maximum Gasteiger partial charge on any atom is 0.118 e. The fourth-order valence-corrected chi connectivity index (χ4v) is 2.43. The summed E-state index contributed by atoms with van der Waals surface area (Å²) >= 11 is 0. The van der Waals surface area contributed by atoms with Crippen LogP contribution in [-0.4, -0.2) is 25.3 Å². The first kappa shape index (κ1) is 15.7. The first-order valence-electron chi connectivity index (χ1n) is 6.91. The van der Waals surface area contributed by atoms with Crippen molar-refractivity contribution in [3.8, 4) is 11.5 Å². The third-order valence-corrected chi connectivity index (χ3v) is 3.56. The van der Waals surface area contributed by atoms with Crippen LogP contribution >= 0.6 is 0 Å². The molecule has 4 heteroatoms. The van der Waals surface area contributed by atoms with Gasteiger partial charge in [0.2, 0.25) is 0 Å². The number of ether oxygens (including phenoxy) is 2. The van der Waals surface area contributed by atoms with Gasteiger partial charge in [-0.05, 0) is 47.5 Å². The van der Waals surface area contributed by atoms with Crippen molar-refractivity contribution in [1.82, 2.24) is 0 Å². The second kappa shape index (κ2) is 7.34. The lowest BCUT2D eigenvalue weighted by molar-refractivity contribution is 0.322. The molecule has 0 aliphatic rings. The van der Waals surface area contributed by atoms with E-state index in [2.05, 4.69) is 11.0 Å². The fourth-order valence-electron chi connectivity index (χ4n) is 2.43. The molecule has 2 aromatic carbocycles. The summed E-state index contributed by atoms with van der Waals surface area (Å²) in [4.78, 5) is 0. The standard InChI is InChI=1S/C18H19NO3/c1-13(12-19-20)18(14-4-8-16(21-2)9-5-14)15-6-10-17(22-3)11-7-15/h4-11,18,20H,1-3H3. The number of hydrogen-bond acceptors (Lipinski definition) is 4. The van der Waals surface area contributed by atoms with Crippen LogP contribution in [0.5, 0.6) is 11.5 Å². The van der Waals surface area contributed by atoms with Gasteiger partial charge in [-0.2, -0.15) is 0 Å². The molecule has 0 fully saturated rings. The minimum absolute atomic E-state index is 0.0484. The van der Waals surface area contributed by atoms with Gasteiger partial charge < -0.3 is 14.7 Å². The van der Waals surface area contributed by atoms with Gasteiger partial charge in [0, 0.05) is 17.4 Å². The number of benzene rings is 2. The van der Waals surface area contributed by atoms with Crippen LogP contribution in [-0.2, 0) is 0 Å². The van der Waals surface area contributed by atoms with Crippen LogP contribution in [0.4, 0.5) is 0 Å². The lowest BCUT2D eigenvalue weighted by atomic mass is 9.86. The van der Waals surface area contributed by atoms with Crippen molar-refractivity contribution in [2.75, 3.05) is 14.2 Å². The van der Waals surface area contributed by atoms with Crippen molar-refractivity contribution in [2.24, 2.45) is 5.16 Å². The molecular formula is C18H19NO3. The van der Waals surface area contributed by atoms with E-state index in [-0.39, 0.29) is 5.92 Å². The van der Waals surface area contributed by atoms with Gasteiger partial charge in [0.05, 0.1) is 14.2 Å². The molecule has 0 saturated heterocycles. The molecule has 0 saturated carbocycles. The van der Waals surface area contributed by atoms with Gasteiger partial charge in [-0.25, -0.2) is 0 Å². The molecule has 2 rings (SSSR count). The topological polar surface area (TPSA) is 51.0 Å². The second-order valence-electron chi connectivity index (χ2n) is 4.87. The molecule has 0 aliphatic carbocycles. The van der Waals surface area contributed by atoms with Crippen molar-refractivity contribution in [3.05, 3.63) is 65.2 Å². The summed E-state index contributed by atoms with van der Waals surface area (Å²) in [6.07, 6.45) is 0. The molecule has 0 amide bonds. The van der Waals surface area contributed by atoms with Gasteiger partial charge in [0.15, 0.2) is 0 Å². The molecule has 0 aliphatic heterocycles. The first-order valence-corrected chi connectivity index (χ1v) is 6.91. The smallest absolute Gasteiger partial charge is 0.118 e. The van der Waals surface area contributed by atoms with Crippen LogP contribution in [0.3, 0.4) is 0 Å². The summed E-state index contributed by atoms with van der Waals surface area (Å²) < 4.78 is 10.4. The summed E-state index contributed by atoms with van der Waals surface area (Å²) in [5, 5.41) is 11.8. The summed E-state index contributed by atoms with van der Waals surface area (Å²) in [7, 11) is 3.28. The van der Waals surface area contributed by atoms with Crippen LogP contribution in [0.15, 0.2) is 59.3 Å². The normalized spacial score (nSPS) is 10.0. The molecule has 22 heavy (non-hydrogen) atoms. The highest BCUT2D eigenvalue weighted by Crippen LogP contribution is 2.32. The number of hydrogen-bond donors (Lipinski definition) is 1. The van der Waals surface area contributed by atoms with Crippen LogP contribution < -0.4 is 9.47 Å². The van der Waals surface area contributed by atoms with E-state index >= 15 is 0 Å². The van der Waals surface area contributed by atoms with Gasteiger partial charge >= 0.3 is 0 Å². The van der Waals surface area contributed by atoms with E-state index in [0.29, 0.717) is 0 Å². The maximum absolute atomic E-state index is 8.80. The Hall–Kier alpha value is -2.71. The number of rotatable bonds is 5. The molecule has 0 unspecified atom stereocenters. The number of methoxy groups -OCH3 is 2. The Kier molecular flexibility index (Phi) is 5.23. The Morgan fingerprint density at radius 2 is 1.32 bits per heavy atom. The SMILES string of the molecule is COc1ccc(C(C(C)=C=NO)c2ccc(OC)cc2)cc1. The molecule has 114 valence electrons. The number of allylic oxidation sites excluding steroid dienone is 1. The van der Waals surface area contributed by atoms with Gasteiger partial charge in [-0.1, -0.05) is 24.3 Å². The van der Waals surface area contributed by atoms with Gasteiger partial charge in [0.1, 0.15) is 11.5 Å². The third kappa shape index (κ3) is 3.48. The van der Waals surface area contributed by atoms with E-state index in [1.807, 2.05) is 55.5 Å². The lowest BCUT2D eigenvalue weighted by Gasteiger charge is -2.18. The highest BCUT2D eigenvalue weighted by molar-refractivity contribution is 5.62. The van der Waals surface area contributed by atoms with E-state index in [1.165, 1.54) is 0 Å². The van der Waals surface area contributed by atoms with E-state index in [0.717, 1.165) is 28.2 Å². The molecular weight excluding hydrogens is 278 g/mol. The molecule has 0 radical (unpaired) electrons. The van der Waals surface area contributed by atoms with E-state index in [9.17, 15) is 0 Å². The predicted octanol–water partition coefficient (Wildman–Crippen LogP) is 3.84. The average Bonchev–Trinajstić information content (AvgIpc) is 2.56. The van der Waals surface area contributed by atoms with Gasteiger partial charge in [0.25, 0.3) is 0 Å². The molecule has 1 N–H and O–H groups in total. The van der Waals surface area contributed by atoms with Gasteiger partial charge in [-0.15, -0.1) is 0 Å². The van der Waals surface area contributed by atoms with Crippen molar-refractivity contribution < 1.29 is 14.7 Å². The second-order valence-corrected chi connectivity index (χ2v) is 4.87. The van der Waals surface area contributed by atoms with Crippen molar-refractivity contribution in [1.29, 1.82) is 0 Å². The molecule has 0 spiro atoms. The van der Waals surface area contributed by atoms with Crippen molar-refractivity contribution in [2.45, 2.75) is 12.8 Å². The third-order valence-electron chi connectivity index (χ3n) is 3.56.